The molecule has 1 aromatic carbocycles. The number of phenols is 1. The van der Waals surface area contributed by atoms with Crippen molar-refractivity contribution < 1.29 is 23.1 Å². The number of anilines is 1. The van der Waals surface area contributed by atoms with Crippen LogP contribution in [0.2, 0.25) is 0 Å². The van der Waals surface area contributed by atoms with Gasteiger partial charge in [0.15, 0.2) is 0 Å². The van der Waals surface area contributed by atoms with Crippen molar-refractivity contribution in [3.05, 3.63) is 24.3 Å². The highest BCUT2D eigenvalue weighted by Gasteiger charge is 2.27. The zero-order chi connectivity index (χ0) is 14.5. The summed E-state index contributed by atoms with van der Waals surface area (Å²) in [6.07, 6.45) is -4.34. The number of nitrogens with zero attached hydrogens (tertiary/aromatic N) is 1. The van der Waals surface area contributed by atoms with Gasteiger partial charge >= 0.3 is 6.18 Å². The van der Waals surface area contributed by atoms with Gasteiger partial charge in [0.2, 0.25) is 5.91 Å². The average molecular weight is 276 g/mol. The monoisotopic (exact) mass is 276 g/mol. The number of rotatable bonds is 5. The first kappa shape index (κ1) is 15.3. The fourth-order valence-corrected chi connectivity index (χ4v) is 1.57. The van der Waals surface area contributed by atoms with E-state index in [0.717, 1.165) is 0 Å². The lowest BCUT2D eigenvalue weighted by molar-refractivity contribution is -0.127. The molecule has 0 spiro atoms. The van der Waals surface area contributed by atoms with Crippen molar-refractivity contribution in [1.82, 2.24) is 5.32 Å². The summed E-state index contributed by atoms with van der Waals surface area (Å²) in [5.74, 6) is -0.496. The molecule has 0 atom stereocenters. The molecule has 0 bridgehead atoms. The Morgan fingerprint density at radius 2 is 2.11 bits per heavy atom. The molecule has 4 nitrogen and oxygen atoms in total. The number of aromatic hydroxyl groups is 1. The van der Waals surface area contributed by atoms with Crippen molar-refractivity contribution in [3.63, 3.8) is 0 Å². The molecule has 0 aliphatic rings. The van der Waals surface area contributed by atoms with Gasteiger partial charge in [-0.3, -0.25) is 4.79 Å². The number of hydrogen-bond acceptors (Lipinski definition) is 3. The summed E-state index contributed by atoms with van der Waals surface area (Å²) >= 11 is 0. The second-order valence-electron chi connectivity index (χ2n) is 3.88. The third-order valence-corrected chi connectivity index (χ3v) is 2.36. The Hall–Kier alpha value is -1.76. The molecule has 0 saturated carbocycles. The fourth-order valence-electron chi connectivity index (χ4n) is 1.57. The van der Waals surface area contributed by atoms with E-state index in [0.29, 0.717) is 12.2 Å². The number of benzene rings is 1. The summed E-state index contributed by atoms with van der Waals surface area (Å²) in [5.41, 5.74) is 0.446. The van der Waals surface area contributed by atoms with E-state index in [9.17, 15) is 23.1 Å². The molecule has 0 saturated heterocycles. The number of amides is 1. The average Bonchev–Trinajstić information content (AvgIpc) is 2.28. The Morgan fingerprint density at radius 1 is 1.42 bits per heavy atom. The Kier molecular flexibility index (Phi) is 5.17. The van der Waals surface area contributed by atoms with Crippen molar-refractivity contribution >= 4 is 11.6 Å². The second kappa shape index (κ2) is 6.42. The Balaban J connectivity index is 2.62. The predicted octanol–water partition coefficient (Wildman–Crippen LogP) is 1.90. The summed E-state index contributed by atoms with van der Waals surface area (Å²) < 4.78 is 35.8. The van der Waals surface area contributed by atoms with Gasteiger partial charge in [0.05, 0.1) is 13.1 Å². The lowest BCUT2D eigenvalue weighted by Gasteiger charge is -2.21. The van der Waals surface area contributed by atoms with E-state index < -0.39 is 25.2 Å². The van der Waals surface area contributed by atoms with Gasteiger partial charge in [-0.2, -0.15) is 13.2 Å². The van der Waals surface area contributed by atoms with Crippen LogP contribution in [-0.4, -0.2) is 36.8 Å². The number of hydrogen-bond donors (Lipinski definition) is 2. The Bertz CT molecular complexity index is 435. The van der Waals surface area contributed by atoms with E-state index in [4.69, 9.17) is 0 Å². The van der Waals surface area contributed by atoms with Crippen LogP contribution in [0.5, 0.6) is 5.75 Å². The first-order chi connectivity index (χ1) is 8.83. The van der Waals surface area contributed by atoms with E-state index in [1.54, 1.807) is 19.1 Å². The van der Waals surface area contributed by atoms with Crippen LogP contribution in [0.1, 0.15) is 6.92 Å². The van der Waals surface area contributed by atoms with Gasteiger partial charge in [0.1, 0.15) is 5.75 Å². The smallest absolute Gasteiger partial charge is 0.401 e. The topological polar surface area (TPSA) is 52.6 Å². The van der Waals surface area contributed by atoms with Gasteiger partial charge in [-0.25, -0.2) is 0 Å². The van der Waals surface area contributed by atoms with Gasteiger partial charge in [0, 0.05) is 18.3 Å². The van der Waals surface area contributed by atoms with E-state index in [1.165, 1.54) is 17.0 Å². The minimum Gasteiger partial charge on any atom is -0.508 e. The molecule has 106 valence electrons. The lowest BCUT2D eigenvalue weighted by Crippen LogP contribution is -2.41. The molecule has 2 N–H and O–H groups in total. The first-order valence-corrected chi connectivity index (χ1v) is 5.70. The van der Waals surface area contributed by atoms with Crippen LogP contribution in [0.15, 0.2) is 24.3 Å². The zero-order valence-electron chi connectivity index (χ0n) is 10.4. The highest BCUT2D eigenvalue weighted by atomic mass is 19.4. The van der Waals surface area contributed by atoms with Crippen molar-refractivity contribution in [2.45, 2.75) is 13.1 Å². The van der Waals surface area contributed by atoms with Crippen molar-refractivity contribution in [2.24, 2.45) is 0 Å². The molecule has 0 aromatic heterocycles. The molecule has 0 unspecified atom stereocenters. The van der Waals surface area contributed by atoms with Gasteiger partial charge in [-0.15, -0.1) is 0 Å². The minimum absolute atomic E-state index is 0.00741. The predicted molar refractivity (Wildman–Crippen MR) is 65.1 cm³/mol. The van der Waals surface area contributed by atoms with Crippen LogP contribution in [0.4, 0.5) is 18.9 Å². The number of phenolic OH excluding ortho intramolecular Hbond substituents is 1. The summed E-state index contributed by atoms with van der Waals surface area (Å²) in [6, 6.07) is 5.99. The third kappa shape index (κ3) is 5.17. The number of halogens is 3. The molecule has 1 aromatic rings. The van der Waals surface area contributed by atoms with Crippen LogP contribution in [-0.2, 0) is 4.79 Å². The van der Waals surface area contributed by atoms with Crippen molar-refractivity contribution in [1.29, 1.82) is 0 Å². The largest absolute Gasteiger partial charge is 0.508 e. The van der Waals surface area contributed by atoms with Crippen molar-refractivity contribution in [3.8, 4) is 5.75 Å². The second-order valence-corrected chi connectivity index (χ2v) is 3.88. The van der Waals surface area contributed by atoms with Crippen LogP contribution in [0.3, 0.4) is 0 Å². The van der Waals surface area contributed by atoms with Crippen LogP contribution in [0.25, 0.3) is 0 Å². The molecule has 0 fully saturated rings. The van der Waals surface area contributed by atoms with Crippen LogP contribution in [0, 0.1) is 0 Å². The molecule has 0 aliphatic heterocycles. The molecule has 1 amide bonds. The SMILES string of the molecule is CCN(C(=O)CNCC(F)(F)F)c1cccc(O)c1. The number of likely N-dealkylation sites (N-methyl/N-ethyl adjacent to an activating group) is 1. The standard InChI is InChI=1S/C12H15F3N2O2/c1-2-17(9-4-3-5-10(18)6-9)11(19)7-16-8-12(13,14)15/h3-6,16,18H,2,7-8H2,1H3. The quantitative estimate of drug-likeness (QED) is 0.863. The molecular weight excluding hydrogens is 261 g/mol. The Morgan fingerprint density at radius 3 is 2.63 bits per heavy atom. The number of carbonyl (C=O) groups is 1. The summed E-state index contributed by atoms with van der Waals surface area (Å²) in [5, 5.41) is 11.4. The fraction of sp³-hybridized carbons (Fsp3) is 0.417. The van der Waals surface area contributed by atoms with Gasteiger partial charge < -0.3 is 15.3 Å². The van der Waals surface area contributed by atoms with Gasteiger partial charge in [-0.05, 0) is 19.1 Å². The normalized spacial score (nSPS) is 11.4. The van der Waals surface area contributed by atoms with Gasteiger partial charge in [0.25, 0.3) is 0 Å². The van der Waals surface area contributed by atoms with E-state index in [1.807, 2.05) is 5.32 Å². The highest BCUT2D eigenvalue weighted by Crippen LogP contribution is 2.20. The van der Waals surface area contributed by atoms with Crippen LogP contribution >= 0.6 is 0 Å². The third-order valence-electron chi connectivity index (χ3n) is 2.36. The number of alkyl halides is 3. The number of carbonyl (C=O) groups excluding carboxylic acids is 1. The molecule has 7 heteroatoms. The summed E-state index contributed by atoms with van der Waals surface area (Å²) in [6.45, 7) is 0.376. The lowest BCUT2D eigenvalue weighted by atomic mass is 10.2. The summed E-state index contributed by atoms with van der Waals surface area (Å²) in [4.78, 5) is 13.1. The van der Waals surface area contributed by atoms with E-state index in [-0.39, 0.29) is 5.75 Å². The van der Waals surface area contributed by atoms with E-state index >= 15 is 0 Å². The first-order valence-electron chi connectivity index (χ1n) is 5.70. The molecule has 0 aliphatic carbocycles. The maximum Gasteiger partial charge on any atom is 0.401 e. The maximum absolute atomic E-state index is 11.9. The Labute approximate surface area is 108 Å². The minimum atomic E-state index is -4.34. The molecule has 0 heterocycles. The molecular formula is C12H15F3N2O2. The molecule has 0 radical (unpaired) electrons. The highest BCUT2D eigenvalue weighted by molar-refractivity contribution is 5.94. The van der Waals surface area contributed by atoms with Crippen molar-refractivity contribution in [2.75, 3.05) is 24.5 Å². The van der Waals surface area contributed by atoms with Gasteiger partial charge in [-0.1, -0.05) is 6.07 Å². The zero-order valence-corrected chi connectivity index (χ0v) is 10.4. The summed E-state index contributed by atoms with van der Waals surface area (Å²) in [7, 11) is 0. The number of nitrogens with one attached hydrogen (secondary N) is 1. The molecule has 19 heavy (non-hydrogen) atoms. The van der Waals surface area contributed by atoms with E-state index in [2.05, 4.69) is 0 Å². The maximum atomic E-state index is 11.9. The molecule has 1 rings (SSSR count). The van der Waals surface area contributed by atoms with Crippen LogP contribution < -0.4 is 10.2 Å².